The number of amides is 1. The summed E-state index contributed by atoms with van der Waals surface area (Å²) in [6, 6.07) is 7.36. The van der Waals surface area contributed by atoms with Gasteiger partial charge in [-0.1, -0.05) is 29.8 Å². The van der Waals surface area contributed by atoms with E-state index in [1.807, 2.05) is 25.1 Å². The molecule has 22 heavy (non-hydrogen) atoms. The van der Waals surface area contributed by atoms with Crippen molar-refractivity contribution in [1.82, 2.24) is 9.88 Å². The van der Waals surface area contributed by atoms with Crippen molar-refractivity contribution in [3.8, 4) is 0 Å². The van der Waals surface area contributed by atoms with Gasteiger partial charge in [0.05, 0.1) is 16.8 Å². The molecule has 1 N–H and O–H groups in total. The predicted molar refractivity (Wildman–Crippen MR) is 87.3 cm³/mol. The quantitative estimate of drug-likeness (QED) is 0.916. The van der Waals surface area contributed by atoms with Crippen LogP contribution in [0, 0.1) is 6.92 Å². The summed E-state index contributed by atoms with van der Waals surface area (Å²) in [5, 5.41) is 11.4. The molecule has 0 bridgehead atoms. The lowest BCUT2D eigenvalue weighted by atomic mass is 9.84. The minimum Gasteiger partial charge on any atom is -0.385 e. The molecule has 1 amide bonds. The van der Waals surface area contributed by atoms with Gasteiger partial charge in [-0.25, -0.2) is 4.98 Å². The predicted octanol–water partition coefficient (Wildman–Crippen LogP) is 3.23. The van der Waals surface area contributed by atoms with Gasteiger partial charge in [-0.2, -0.15) is 0 Å². The molecule has 2 heterocycles. The fourth-order valence-corrected chi connectivity index (χ4v) is 3.92. The number of hydrogen-bond donors (Lipinski definition) is 1. The molecule has 3 rings (SSSR count). The highest BCUT2D eigenvalue weighted by Crippen LogP contribution is 2.37. The Bertz CT molecular complexity index is 693. The summed E-state index contributed by atoms with van der Waals surface area (Å²) in [6.45, 7) is 2.86. The van der Waals surface area contributed by atoms with Gasteiger partial charge >= 0.3 is 0 Å². The summed E-state index contributed by atoms with van der Waals surface area (Å²) in [5.41, 5.74) is 2.24. The first-order valence-corrected chi connectivity index (χ1v) is 8.44. The van der Waals surface area contributed by atoms with Gasteiger partial charge < -0.3 is 10.0 Å². The summed E-state index contributed by atoms with van der Waals surface area (Å²) < 4.78 is 0. The first-order valence-electron chi connectivity index (χ1n) is 7.18. The van der Waals surface area contributed by atoms with Crippen LogP contribution in [0.15, 0.2) is 29.8 Å². The number of piperidine rings is 1. The third-order valence-electron chi connectivity index (χ3n) is 4.19. The van der Waals surface area contributed by atoms with Crippen molar-refractivity contribution in [2.75, 3.05) is 13.1 Å². The lowest BCUT2D eigenvalue weighted by Crippen LogP contribution is -2.45. The number of benzene rings is 1. The number of rotatable bonds is 2. The summed E-state index contributed by atoms with van der Waals surface area (Å²) in [7, 11) is 0. The number of halogens is 1. The first-order chi connectivity index (χ1) is 10.5. The number of hydrogen-bond acceptors (Lipinski definition) is 4. The zero-order chi connectivity index (χ0) is 15.7. The van der Waals surface area contributed by atoms with Crippen LogP contribution >= 0.6 is 22.9 Å². The van der Waals surface area contributed by atoms with Gasteiger partial charge in [-0.3, -0.25) is 4.79 Å². The average molecular weight is 337 g/mol. The lowest BCUT2D eigenvalue weighted by molar-refractivity contribution is -0.0209. The van der Waals surface area contributed by atoms with Crippen molar-refractivity contribution >= 4 is 28.8 Å². The van der Waals surface area contributed by atoms with Crippen molar-refractivity contribution in [3.63, 3.8) is 0 Å². The van der Waals surface area contributed by atoms with Crippen LogP contribution < -0.4 is 0 Å². The lowest BCUT2D eigenvalue weighted by Gasteiger charge is -2.38. The fraction of sp³-hybridized carbons (Fsp3) is 0.375. The first kappa shape index (κ1) is 15.5. The van der Waals surface area contributed by atoms with Crippen LogP contribution in [-0.2, 0) is 5.60 Å². The van der Waals surface area contributed by atoms with Crippen molar-refractivity contribution in [2.24, 2.45) is 0 Å². The molecule has 6 heteroatoms. The van der Waals surface area contributed by atoms with Crippen molar-refractivity contribution in [2.45, 2.75) is 25.4 Å². The maximum absolute atomic E-state index is 12.5. The Kier molecular flexibility index (Phi) is 4.21. The number of aromatic nitrogens is 1. The molecule has 1 aromatic heterocycles. The minimum absolute atomic E-state index is 0.00112. The molecule has 1 fully saturated rings. The van der Waals surface area contributed by atoms with Crippen LogP contribution in [0.4, 0.5) is 0 Å². The second kappa shape index (κ2) is 5.99. The molecule has 1 aromatic carbocycles. The van der Waals surface area contributed by atoms with E-state index >= 15 is 0 Å². The highest BCUT2D eigenvalue weighted by atomic mass is 35.5. The van der Waals surface area contributed by atoms with E-state index in [1.54, 1.807) is 16.5 Å². The largest absolute Gasteiger partial charge is 0.385 e. The highest BCUT2D eigenvalue weighted by molar-refractivity contribution is 7.11. The Morgan fingerprint density at radius 2 is 2.05 bits per heavy atom. The molecule has 1 saturated heterocycles. The van der Waals surface area contributed by atoms with E-state index in [2.05, 4.69) is 4.98 Å². The van der Waals surface area contributed by atoms with Gasteiger partial charge in [-0.15, -0.1) is 11.3 Å². The van der Waals surface area contributed by atoms with Crippen molar-refractivity contribution in [3.05, 3.63) is 50.9 Å². The van der Waals surface area contributed by atoms with Gasteiger partial charge in [0.15, 0.2) is 0 Å². The highest BCUT2D eigenvalue weighted by Gasteiger charge is 2.37. The number of carbonyl (C=O) groups is 1. The summed E-state index contributed by atoms with van der Waals surface area (Å²) >= 11 is 7.57. The van der Waals surface area contributed by atoms with Gasteiger partial charge in [0.2, 0.25) is 0 Å². The van der Waals surface area contributed by atoms with E-state index in [0.717, 1.165) is 11.3 Å². The zero-order valence-electron chi connectivity index (χ0n) is 12.3. The third-order valence-corrected chi connectivity index (χ3v) is 5.44. The summed E-state index contributed by atoms with van der Waals surface area (Å²) in [6.07, 6.45) is 0.973. The normalized spacial score (nSPS) is 17.5. The van der Waals surface area contributed by atoms with Crippen LogP contribution in [0.3, 0.4) is 0 Å². The Labute approximate surface area is 138 Å². The molecule has 0 unspecified atom stereocenters. The van der Waals surface area contributed by atoms with Gasteiger partial charge in [-0.05, 0) is 25.8 Å². The molecule has 0 radical (unpaired) electrons. The summed E-state index contributed by atoms with van der Waals surface area (Å²) in [5.74, 6) is 0.00112. The van der Waals surface area contributed by atoms with E-state index in [0.29, 0.717) is 35.8 Å². The molecular formula is C16H17ClN2O2S. The van der Waals surface area contributed by atoms with E-state index in [4.69, 9.17) is 11.6 Å². The molecule has 4 nitrogen and oxygen atoms in total. The maximum Gasteiger partial charge on any atom is 0.265 e. The second-order valence-corrected chi connectivity index (χ2v) is 6.83. The number of thiazole rings is 1. The molecule has 1 aliphatic rings. The molecule has 2 aromatic rings. The standard InChI is InChI=1S/C16H17ClN2O2S/c1-11-14(22-10-18-11)15(20)19-8-6-16(21,7-9-19)12-4-2-3-5-13(12)17/h2-5,10,21H,6-9H2,1H3. The Morgan fingerprint density at radius 3 is 2.64 bits per heavy atom. The van der Waals surface area contributed by atoms with Crippen molar-refractivity contribution in [1.29, 1.82) is 0 Å². The molecule has 1 aliphatic heterocycles. The monoisotopic (exact) mass is 336 g/mol. The molecule has 0 saturated carbocycles. The third kappa shape index (κ3) is 2.76. The van der Waals surface area contributed by atoms with Gasteiger partial charge in [0, 0.05) is 23.7 Å². The number of aliphatic hydroxyl groups is 1. The molecule has 0 aliphatic carbocycles. The smallest absolute Gasteiger partial charge is 0.265 e. The Morgan fingerprint density at radius 1 is 1.36 bits per heavy atom. The summed E-state index contributed by atoms with van der Waals surface area (Å²) in [4.78, 5) is 19.1. The van der Waals surface area contributed by atoms with Gasteiger partial charge in [0.25, 0.3) is 5.91 Å². The number of carbonyl (C=O) groups excluding carboxylic acids is 1. The van der Waals surface area contributed by atoms with E-state index in [1.165, 1.54) is 11.3 Å². The average Bonchev–Trinajstić information content (AvgIpc) is 2.94. The second-order valence-electron chi connectivity index (χ2n) is 5.57. The molecule has 116 valence electrons. The Balaban J connectivity index is 1.74. The van der Waals surface area contributed by atoms with Crippen molar-refractivity contribution < 1.29 is 9.90 Å². The van der Waals surface area contributed by atoms with Crippen LogP contribution in [0.2, 0.25) is 5.02 Å². The minimum atomic E-state index is -0.960. The molecular weight excluding hydrogens is 320 g/mol. The van der Waals surface area contributed by atoms with E-state index in [-0.39, 0.29) is 5.91 Å². The van der Waals surface area contributed by atoms with E-state index < -0.39 is 5.60 Å². The fourth-order valence-electron chi connectivity index (χ4n) is 2.84. The van der Waals surface area contributed by atoms with Crippen LogP contribution in [0.1, 0.15) is 33.8 Å². The topological polar surface area (TPSA) is 53.4 Å². The molecule has 0 atom stereocenters. The van der Waals surface area contributed by atoms with Crippen LogP contribution in [0.25, 0.3) is 0 Å². The van der Waals surface area contributed by atoms with Crippen LogP contribution in [0.5, 0.6) is 0 Å². The number of likely N-dealkylation sites (tertiary alicyclic amines) is 1. The molecule has 0 spiro atoms. The van der Waals surface area contributed by atoms with E-state index in [9.17, 15) is 9.90 Å². The van der Waals surface area contributed by atoms with Crippen LogP contribution in [-0.4, -0.2) is 34.0 Å². The SMILES string of the molecule is Cc1ncsc1C(=O)N1CCC(O)(c2ccccc2Cl)CC1. The maximum atomic E-state index is 12.5. The number of nitrogens with zero attached hydrogens (tertiary/aromatic N) is 2. The van der Waals surface area contributed by atoms with Gasteiger partial charge in [0.1, 0.15) is 4.88 Å². The Hall–Kier alpha value is -1.43. The number of aryl methyl sites for hydroxylation is 1. The zero-order valence-corrected chi connectivity index (χ0v) is 13.8.